The molecule has 0 heterocycles. The molecule has 0 amide bonds. The molecule has 0 unspecified atom stereocenters. The van der Waals surface area contributed by atoms with Gasteiger partial charge in [0, 0.05) is 34.1 Å². The van der Waals surface area contributed by atoms with Gasteiger partial charge in [-0.25, -0.2) is 0 Å². The second-order valence-corrected chi connectivity index (χ2v) is 0. The summed E-state index contributed by atoms with van der Waals surface area (Å²) in [6.07, 6.45) is 0. The zero-order chi connectivity index (χ0) is 0. The standard InChI is InChI=1S/2Al.2Cu.2Mg.3O.4H/q2*+3;;;2*+2;3*-2;4*-1. The van der Waals surface area contributed by atoms with Crippen molar-refractivity contribution in [1.82, 2.24) is 0 Å². The van der Waals surface area contributed by atoms with Gasteiger partial charge in [0.2, 0.25) is 0 Å². The smallest absolute Gasteiger partial charge is 2.00 e. The zero-order valence-electron chi connectivity index (χ0n) is 8.40. The SMILES string of the molecule is [Al+3].[Al+3].[Cu].[Cu].[H-].[H-].[H-].[H-].[Mg+2].[Mg+2].[O-2].[O-2].[O-2]. The Kier molecular flexibility index (Phi) is 1540. The number of hydrogen-bond acceptors (Lipinski definition) is 0. The predicted octanol–water partition coefficient (Wildman–Crippen LogP) is -1.43. The van der Waals surface area contributed by atoms with Crippen molar-refractivity contribution in [3.63, 3.8) is 0 Å². The third kappa shape index (κ3) is 84.3. The van der Waals surface area contributed by atoms with Gasteiger partial charge in [-0.2, -0.15) is 0 Å². The minimum atomic E-state index is 0. The molecule has 0 rings (SSSR count). The van der Waals surface area contributed by atoms with E-state index in [1.165, 1.54) is 0 Å². The molecule has 0 aliphatic carbocycles. The molecule has 0 N–H and O–H groups in total. The van der Waals surface area contributed by atoms with Gasteiger partial charge in [0.25, 0.3) is 0 Å². The Hall–Kier alpha value is 3.52. The third-order valence-electron chi connectivity index (χ3n) is 0. The molecule has 0 aromatic carbocycles. The van der Waals surface area contributed by atoms with Gasteiger partial charge in [-0.1, -0.05) is 0 Å². The van der Waals surface area contributed by atoms with Gasteiger partial charge < -0.3 is 22.1 Å². The Balaban J connectivity index is 0. The minimum absolute atomic E-state index is 0. The Morgan fingerprint density at radius 2 is 0.556 bits per heavy atom. The van der Waals surface area contributed by atoms with E-state index in [1.54, 1.807) is 0 Å². The van der Waals surface area contributed by atoms with Crippen LogP contribution in [-0.4, -0.2) is 80.8 Å². The van der Waals surface area contributed by atoms with Crippen LogP contribution in [0.15, 0.2) is 0 Å². The monoisotopic (exact) mass is 280 g/mol. The summed E-state index contributed by atoms with van der Waals surface area (Å²) in [6.45, 7) is 0. The summed E-state index contributed by atoms with van der Waals surface area (Å²) in [7, 11) is 0. The molecule has 0 atom stereocenters. The van der Waals surface area contributed by atoms with E-state index >= 15 is 0 Å². The van der Waals surface area contributed by atoms with E-state index in [1.807, 2.05) is 0 Å². The van der Waals surface area contributed by atoms with Crippen molar-refractivity contribution < 1.29 is 56.3 Å². The molecule has 2 radical (unpaired) electrons. The molecule has 0 saturated heterocycles. The fourth-order valence-electron chi connectivity index (χ4n) is 0. The fraction of sp³-hybridized carbons (Fsp3) is 0. The van der Waals surface area contributed by atoms with Crippen molar-refractivity contribution in [1.29, 1.82) is 0 Å². The zero-order valence-corrected chi connectivity index (χ0v) is 11.4. The van der Waals surface area contributed by atoms with Crippen LogP contribution in [-0.2, 0) is 50.6 Å². The second kappa shape index (κ2) is 103. The fourth-order valence-corrected chi connectivity index (χ4v) is 0. The number of rotatable bonds is 0. The van der Waals surface area contributed by atoms with Crippen molar-refractivity contribution in [2.24, 2.45) is 0 Å². The van der Waals surface area contributed by atoms with Gasteiger partial charge in [0.05, 0.1) is 0 Å². The Morgan fingerprint density at radius 1 is 0.556 bits per heavy atom. The summed E-state index contributed by atoms with van der Waals surface area (Å²) in [5.74, 6) is 0. The summed E-state index contributed by atoms with van der Waals surface area (Å²) in [6, 6.07) is 0. The molecule has 0 fully saturated rings. The molecule has 0 saturated carbocycles. The van der Waals surface area contributed by atoms with Crippen LogP contribution in [0.4, 0.5) is 0 Å². The maximum Gasteiger partial charge on any atom is 3.00 e. The van der Waals surface area contributed by atoms with Gasteiger partial charge in [-0.05, 0) is 0 Å². The van der Waals surface area contributed by atoms with Crippen molar-refractivity contribution in [3.8, 4) is 0 Å². The van der Waals surface area contributed by atoms with Gasteiger partial charge in [-0.15, -0.1) is 0 Å². The molecular weight excluding hydrogens is 278 g/mol. The average Bonchev–Trinajstić information content (AvgIpc) is 0. The maximum absolute atomic E-state index is 0. The minimum Gasteiger partial charge on any atom is -2.00 e. The van der Waals surface area contributed by atoms with E-state index in [9.17, 15) is 0 Å². The Bertz CT molecular complexity index is 29.4. The molecule has 54 valence electrons. The van der Waals surface area contributed by atoms with Crippen LogP contribution in [0, 0.1) is 0 Å². The van der Waals surface area contributed by atoms with Gasteiger partial charge in [0.1, 0.15) is 0 Å². The first-order valence-corrected chi connectivity index (χ1v) is 0. The van der Waals surface area contributed by atoms with Gasteiger partial charge in [0.15, 0.2) is 0 Å². The average molecular weight is 282 g/mol. The predicted molar refractivity (Wildman–Crippen MR) is 29.5 cm³/mol. The van der Waals surface area contributed by atoms with E-state index in [4.69, 9.17) is 0 Å². The van der Waals surface area contributed by atoms with Crippen LogP contribution < -0.4 is 0 Å². The molecule has 0 bridgehead atoms. The van der Waals surface area contributed by atoms with Crippen LogP contribution >= 0.6 is 0 Å². The van der Waals surface area contributed by atoms with Gasteiger partial charge in [-0.3, -0.25) is 0 Å². The van der Waals surface area contributed by atoms with Crippen LogP contribution in [0.25, 0.3) is 0 Å². The molecule has 0 spiro atoms. The molecule has 9 heteroatoms. The first-order valence-electron chi connectivity index (χ1n) is 0. The largest absolute Gasteiger partial charge is 3.00 e. The topological polar surface area (TPSA) is 85.5 Å². The van der Waals surface area contributed by atoms with E-state index in [2.05, 4.69) is 0 Å². The summed E-state index contributed by atoms with van der Waals surface area (Å²) in [5, 5.41) is 0. The van der Waals surface area contributed by atoms with Crippen molar-refractivity contribution in [2.45, 2.75) is 0 Å². The van der Waals surface area contributed by atoms with Gasteiger partial charge >= 0.3 is 80.8 Å². The van der Waals surface area contributed by atoms with E-state index < -0.39 is 0 Å². The Morgan fingerprint density at radius 3 is 0.556 bits per heavy atom. The third-order valence-corrected chi connectivity index (χ3v) is 0. The van der Waals surface area contributed by atoms with Crippen molar-refractivity contribution in [3.05, 3.63) is 0 Å². The molecule has 0 aromatic heterocycles. The van der Waals surface area contributed by atoms with Crippen molar-refractivity contribution >= 4 is 80.8 Å². The molecule has 3 nitrogen and oxygen atoms in total. The first kappa shape index (κ1) is 134. The molecule has 0 aliphatic heterocycles. The van der Waals surface area contributed by atoms with E-state index in [-0.39, 0.29) is 137 Å². The molecular formula is H4Al2Cu2Mg2O3. The number of hydrogen-bond donors (Lipinski definition) is 0. The molecule has 0 aromatic rings. The van der Waals surface area contributed by atoms with Crippen LogP contribution in [0.2, 0.25) is 0 Å². The quantitative estimate of drug-likeness (QED) is 0.487. The maximum atomic E-state index is 0. The van der Waals surface area contributed by atoms with Crippen LogP contribution in [0.5, 0.6) is 0 Å². The summed E-state index contributed by atoms with van der Waals surface area (Å²) < 4.78 is 0. The summed E-state index contributed by atoms with van der Waals surface area (Å²) >= 11 is 0. The summed E-state index contributed by atoms with van der Waals surface area (Å²) in [5.41, 5.74) is 0. The van der Waals surface area contributed by atoms with Crippen LogP contribution in [0.3, 0.4) is 0 Å². The van der Waals surface area contributed by atoms with E-state index in [0.29, 0.717) is 0 Å². The summed E-state index contributed by atoms with van der Waals surface area (Å²) in [4.78, 5) is 0. The van der Waals surface area contributed by atoms with E-state index in [0.717, 1.165) is 0 Å². The van der Waals surface area contributed by atoms with Crippen LogP contribution in [0.1, 0.15) is 5.71 Å². The second-order valence-electron chi connectivity index (χ2n) is 0. The molecule has 9 heavy (non-hydrogen) atoms. The van der Waals surface area contributed by atoms with Crippen molar-refractivity contribution in [2.75, 3.05) is 0 Å². The first-order chi connectivity index (χ1) is 0. The Labute approximate surface area is 135 Å². The normalized spacial score (nSPS) is 0. The molecule has 0 aliphatic rings.